The van der Waals surface area contributed by atoms with Crippen LogP contribution < -0.4 is 24.3 Å². The molecular formula is C20H25NO5. The van der Waals surface area contributed by atoms with Gasteiger partial charge in [-0.05, 0) is 43.2 Å². The zero-order valence-corrected chi connectivity index (χ0v) is 15.6. The van der Waals surface area contributed by atoms with Crippen molar-refractivity contribution in [3.8, 4) is 23.0 Å². The van der Waals surface area contributed by atoms with Crippen molar-refractivity contribution in [1.29, 1.82) is 0 Å². The van der Waals surface area contributed by atoms with Crippen LogP contribution in [-0.4, -0.2) is 33.8 Å². The molecule has 0 spiro atoms. The zero-order chi connectivity index (χ0) is 18.9. The molecular weight excluding hydrogens is 334 g/mol. The van der Waals surface area contributed by atoms with E-state index >= 15 is 0 Å². The third-order valence-electron chi connectivity index (χ3n) is 3.85. The summed E-state index contributed by atoms with van der Waals surface area (Å²) in [6.45, 7) is 2.49. The standard InChI is InChI=1S/C20H25NO5/c1-5-26-18-9-6-14(12-19(18)25-4)7-11-20(22)21-16-13-15(23-2)8-10-17(16)24-3/h6,8-10,12-13H,5,7,11H2,1-4H3,(H,21,22). The molecule has 0 unspecified atom stereocenters. The molecule has 0 bridgehead atoms. The van der Waals surface area contributed by atoms with Crippen LogP contribution in [0.2, 0.25) is 0 Å². The highest BCUT2D eigenvalue weighted by Crippen LogP contribution is 2.30. The van der Waals surface area contributed by atoms with Gasteiger partial charge in [0, 0.05) is 12.5 Å². The summed E-state index contributed by atoms with van der Waals surface area (Å²) in [7, 11) is 4.74. The molecule has 0 heterocycles. The van der Waals surface area contributed by atoms with Gasteiger partial charge in [-0.2, -0.15) is 0 Å². The van der Waals surface area contributed by atoms with E-state index < -0.39 is 0 Å². The van der Waals surface area contributed by atoms with Gasteiger partial charge in [0.1, 0.15) is 11.5 Å². The number of amides is 1. The van der Waals surface area contributed by atoms with E-state index in [1.807, 2.05) is 25.1 Å². The lowest BCUT2D eigenvalue weighted by Crippen LogP contribution is -2.13. The fraction of sp³-hybridized carbons (Fsp3) is 0.350. The molecule has 0 atom stereocenters. The summed E-state index contributed by atoms with van der Waals surface area (Å²) < 4.78 is 21.3. The minimum absolute atomic E-state index is 0.107. The number of carbonyl (C=O) groups is 1. The maximum atomic E-state index is 12.3. The summed E-state index contributed by atoms with van der Waals surface area (Å²) in [5.41, 5.74) is 1.58. The lowest BCUT2D eigenvalue weighted by atomic mass is 10.1. The average molecular weight is 359 g/mol. The average Bonchev–Trinajstić information content (AvgIpc) is 2.67. The summed E-state index contributed by atoms with van der Waals surface area (Å²) in [6, 6.07) is 11.0. The van der Waals surface area contributed by atoms with Crippen LogP contribution in [0.15, 0.2) is 36.4 Å². The Labute approximate surface area is 154 Å². The van der Waals surface area contributed by atoms with E-state index in [2.05, 4.69) is 5.32 Å². The van der Waals surface area contributed by atoms with Gasteiger partial charge in [0.05, 0.1) is 33.6 Å². The summed E-state index contributed by atoms with van der Waals surface area (Å²) in [5, 5.41) is 2.87. The molecule has 6 heteroatoms. The molecule has 6 nitrogen and oxygen atoms in total. The fourth-order valence-electron chi connectivity index (χ4n) is 2.52. The molecule has 2 rings (SSSR count). The van der Waals surface area contributed by atoms with Gasteiger partial charge in [0.25, 0.3) is 0 Å². The Bertz CT molecular complexity index is 745. The normalized spacial score (nSPS) is 10.2. The fourth-order valence-corrected chi connectivity index (χ4v) is 2.52. The maximum absolute atomic E-state index is 12.3. The van der Waals surface area contributed by atoms with Gasteiger partial charge in [-0.3, -0.25) is 4.79 Å². The number of carbonyl (C=O) groups excluding carboxylic acids is 1. The molecule has 2 aromatic carbocycles. The molecule has 140 valence electrons. The Balaban J connectivity index is 2.01. The predicted molar refractivity (Wildman–Crippen MR) is 101 cm³/mol. The summed E-state index contributed by atoms with van der Waals surface area (Å²) in [5.74, 6) is 2.49. The third-order valence-corrected chi connectivity index (χ3v) is 3.85. The van der Waals surface area contributed by atoms with E-state index in [1.54, 1.807) is 39.5 Å². The van der Waals surface area contributed by atoms with Crippen LogP contribution in [0.25, 0.3) is 0 Å². The molecule has 0 saturated carbocycles. The molecule has 26 heavy (non-hydrogen) atoms. The number of ether oxygens (including phenoxy) is 4. The second-order valence-electron chi connectivity index (χ2n) is 5.53. The van der Waals surface area contributed by atoms with E-state index in [1.165, 1.54) is 0 Å². The van der Waals surface area contributed by atoms with Crippen molar-refractivity contribution < 1.29 is 23.7 Å². The van der Waals surface area contributed by atoms with E-state index in [4.69, 9.17) is 18.9 Å². The van der Waals surface area contributed by atoms with Gasteiger partial charge >= 0.3 is 0 Å². The van der Waals surface area contributed by atoms with Gasteiger partial charge < -0.3 is 24.3 Å². The number of methoxy groups -OCH3 is 3. The lowest BCUT2D eigenvalue weighted by Gasteiger charge is -2.13. The third kappa shape index (κ3) is 5.05. The molecule has 0 fully saturated rings. The van der Waals surface area contributed by atoms with Gasteiger partial charge in [-0.15, -0.1) is 0 Å². The predicted octanol–water partition coefficient (Wildman–Crippen LogP) is 3.68. The Kier molecular flexibility index (Phi) is 7.14. The molecule has 2 aromatic rings. The molecule has 1 amide bonds. The van der Waals surface area contributed by atoms with Crippen molar-refractivity contribution in [2.45, 2.75) is 19.8 Å². The number of hydrogen-bond acceptors (Lipinski definition) is 5. The first-order valence-corrected chi connectivity index (χ1v) is 8.42. The zero-order valence-electron chi connectivity index (χ0n) is 15.6. The van der Waals surface area contributed by atoms with Crippen molar-refractivity contribution in [3.05, 3.63) is 42.0 Å². The minimum atomic E-state index is -0.107. The van der Waals surface area contributed by atoms with Crippen LogP contribution in [0.4, 0.5) is 5.69 Å². The summed E-state index contributed by atoms with van der Waals surface area (Å²) in [4.78, 5) is 12.3. The van der Waals surface area contributed by atoms with E-state index in [-0.39, 0.29) is 5.91 Å². The van der Waals surface area contributed by atoms with E-state index in [0.717, 1.165) is 5.56 Å². The number of nitrogens with one attached hydrogen (secondary N) is 1. The highest BCUT2D eigenvalue weighted by atomic mass is 16.5. The smallest absolute Gasteiger partial charge is 0.224 e. The van der Waals surface area contributed by atoms with Crippen LogP contribution in [0, 0.1) is 0 Å². The quantitative estimate of drug-likeness (QED) is 0.740. The van der Waals surface area contributed by atoms with Crippen LogP contribution in [0.5, 0.6) is 23.0 Å². The first-order valence-electron chi connectivity index (χ1n) is 8.42. The second-order valence-corrected chi connectivity index (χ2v) is 5.53. The van der Waals surface area contributed by atoms with E-state index in [0.29, 0.717) is 48.1 Å². The Hall–Kier alpha value is -2.89. The molecule has 0 aliphatic heterocycles. The largest absolute Gasteiger partial charge is 0.497 e. The highest BCUT2D eigenvalue weighted by molar-refractivity contribution is 5.92. The summed E-state index contributed by atoms with van der Waals surface area (Å²) in [6.07, 6.45) is 0.915. The van der Waals surface area contributed by atoms with Gasteiger partial charge in [0.2, 0.25) is 5.91 Å². The summed E-state index contributed by atoms with van der Waals surface area (Å²) >= 11 is 0. The topological polar surface area (TPSA) is 66.0 Å². The first kappa shape index (κ1) is 19.4. The molecule has 0 radical (unpaired) electrons. The second kappa shape index (κ2) is 9.56. The number of anilines is 1. The number of benzene rings is 2. The van der Waals surface area contributed by atoms with Crippen LogP contribution in [0.1, 0.15) is 18.9 Å². The minimum Gasteiger partial charge on any atom is -0.497 e. The first-order chi connectivity index (χ1) is 12.6. The van der Waals surface area contributed by atoms with Crippen LogP contribution >= 0.6 is 0 Å². The number of rotatable bonds is 9. The van der Waals surface area contributed by atoms with Crippen molar-refractivity contribution in [2.75, 3.05) is 33.3 Å². The molecule has 0 aliphatic carbocycles. The monoisotopic (exact) mass is 359 g/mol. The van der Waals surface area contributed by atoms with Gasteiger partial charge in [-0.1, -0.05) is 6.07 Å². The Morgan fingerprint density at radius 1 is 0.923 bits per heavy atom. The Morgan fingerprint density at radius 3 is 2.31 bits per heavy atom. The van der Waals surface area contributed by atoms with Crippen molar-refractivity contribution in [2.24, 2.45) is 0 Å². The molecule has 0 aliphatic rings. The van der Waals surface area contributed by atoms with Gasteiger partial charge in [0.15, 0.2) is 11.5 Å². The van der Waals surface area contributed by atoms with Crippen molar-refractivity contribution in [3.63, 3.8) is 0 Å². The highest BCUT2D eigenvalue weighted by Gasteiger charge is 2.11. The van der Waals surface area contributed by atoms with E-state index in [9.17, 15) is 4.79 Å². The molecule has 0 aromatic heterocycles. The maximum Gasteiger partial charge on any atom is 0.224 e. The number of hydrogen-bond donors (Lipinski definition) is 1. The SMILES string of the molecule is CCOc1ccc(CCC(=O)Nc2cc(OC)ccc2OC)cc1OC. The molecule has 0 saturated heterocycles. The molecule has 1 N–H and O–H groups in total. The number of aryl methyl sites for hydroxylation is 1. The van der Waals surface area contributed by atoms with Crippen LogP contribution in [-0.2, 0) is 11.2 Å². The lowest BCUT2D eigenvalue weighted by molar-refractivity contribution is -0.116. The van der Waals surface area contributed by atoms with Crippen LogP contribution in [0.3, 0.4) is 0 Å². The van der Waals surface area contributed by atoms with Gasteiger partial charge in [-0.25, -0.2) is 0 Å². The Morgan fingerprint density at radius 2 is 1.65 bits per heavy atom. The van der Waals surface area contributed by atoms with Crippen molar-refractivity contribution in [1.82, 2.24) is 0 Å². The van der Waals surface area contributed by atoms with Crippen molar-refractivity contribution >= 4 is 11.6 Å².